The van der Waals surface area contributed by atoms with Gasteiger partial charge < -0.3 is 20.2 Å². The Balaban J connectivity index is 2.04. The topological polar surface area (TPSA) is 90.2 Å². The lowest BCUT2D eigenvalue weighted by Gasteiger charge is -2.15. The first kappa shape index (κ1) is 21.5. The van der Waals surface area contributed by atoms with Gasteiger partial charge in [-0.2, -0.15) is 0 Å². The van der Waals surface area contributed by atoms with Crippen molar-refractivity contribution in [2.75, 3.05) is 27.4 Å². The number of benzene rings is 1. The minimum atomic E-state index is -0.0932. The Kier molecular flexibility index (Phi) is 6.09. The number of thiophene rings is 1. The van der Waals surface area contributed by atoms with E-state index < -0.39 is 0 Å². The van der Waals surface area contributed by atoms with Crippen molar-refractivity contribution in [3.05, 3.63) is 56.8 Å². The molecule has 0 fully saturated rings. The van der Waals surface area contributed by atoms with Crippen LogP contribution in [0.25, 0.3) is 32.1 Å². The second kappa shape index (κ2) is 8.78. The van der Waals surface area contributed by atoms with Crippen molar-refractivity contribution in [1.82, 2.24) is 9.97 Å². The van der Waals surface area contributed by atoms with E-state index in [1.807, 2.05) is 6.92 Å². The summed E-state index contributed by atoms with van der Waals surface area (Å²) in [5.41, 5.74) is 10.3. The third-order valence-electron chi connectivity index (χ3n) is 5.71. The number of aromatic amines is 1. The second-order valence-corrected chi connectivity index (χ2v) is 8.88. The van der Waals surface area contributed by atoms with Gasteiger partial charge in [0.1, 0.15) is 4.70 Å². The molecule has 0 aliphatic heterocycles. The molecule has 0 radical (unpaired) electrons. The fraction of sp³-hybridized carbons (Fsp3) is 0.333. The lowest BCUT2D eigenvalue weighted by molar-refractivity contribution is 0.203. The van der Waals surface area contributed by atoms with Gasteiger partial charge in [0.15, 0.2) is 0 Å². The van der Waals surface area contributed by atoms with Crippen LogP contribution in [0.2, 0.25) is 0 Å². The van der Waals surface area contributed by atoms with Gasteiger partial charge in [-0.05, 0) is 36.6 Å². The number of H-pyrrole nitrogens is 1. The summed E-state index contributed by atoms with van der Waals surface area (Å²) in [6.45, 7) is 5.21. The molecule has 0 amide bonds. The van der Waals surface area contributed by atoms with Crippen molar-refractivity contribution >= 4 is 32.3 Å². The van der Waals surface area contributed by atoms with Gasteiger partial charge in [0.05, 0.1) is 30.5 Å². The first-order chi connectivity index (χ1) is 15.0. The summed E-state index contributed by atoms with van der Waals surface area (Å²) in [6.07, 6.45) is 0.763. The maximum absolute atomic E-state index is 12.8. The highest BCUT2D eigenvalue weighted by Gasteiger charge is 2.20. The molecule has 3 N–H and O–H groups in total. The minimum absolute atomic E-state index is 0.0932. The molecule has 6 nitrogen and oxygen atoms in total. The van der Waals surface area contributed by atoms with E-state index in [4.69, 9.17) is 15.2 Å². The van der Waals surface area contributed by atoms with Crippen LogP contribution in [-0.2, 0) is 11.2 Å². The third kappa shape index (κ3) is 3.84. The molecule has 0 bridgehead atoms. The summed E-state index contributed by atoms with van der Waals surface area (Å²) in [7, 11) is 3.31. The average molecular weight is 438 g/mol. The quantitative estimate of drug-likeness (QED) is 0.448. The van der Waals surface area contributed by atoms with E-state index in [1.54, 1.807) is 14.2 Å². The van der Waals surface area contributed by atoms with Gasteiger partial charge in [-0.1, -0.05) is 31.2 Å². The number of ether oxygens (including phenoxy) is 2. The third-order valence-corrected chi connectivity index (χ3v) is 6.90. The zero-order valence-electron chi connectivity index (χ0n) is 18.2. The molecule has 1 aromatic carbocycles. The van der Waals surface area contributed by atoms with Crippen LogP contribution >= 0.6 is 11.3 Å². The summed E-state index contributed by atoms with van der Waals surface area (Å²) < 4.78 is 11.6. The number of nitrogens with two attached hydrogens (primary N) is 1. The van der Waals surface area contributed by atoms with Gasteiger partial charge in [-0.15, -0.1) is 11.3 Å². The van der Waals surface area contributed by atoms with Gasteiger partial charge in [0.2, 0.25) is 5.88 Å². The normalized spacial score (nSPS) is 12.5. The van der Waals surface area contributed by atoms with Crippen molar-refractivity contribution in [1.29, 1.82) is 0 Å². The molecule has 3 heterocycles. The smallest absolute Gasteiger partial charge is 0.266 e. The standard InChI is InChI=1S/C24H27N3O3S/c1-13(12-25)15-5-7-16(8-6-15)19-20-18-11-17(9-10-29-3)31-22(18)23(28)27-21(20)14(2)26-24(19)30-4/h5-8,11,13H,9-10,12,25H2,1-4H3,(H,27,28). The summed E-state index contributed by atoms with van der Waals surface area (Å²) in [5, 5.41) is 1.88. The molecule has 0 saturated heterocycles. The Bertz CT molecular complexity index is 1290. The van der Waals surface area contributed by atoms with Gasteiger partial charge in [0.25, 0.3) is 5.56 Å². The fourth-order valence-electron chi connectivity index (χ4n) is 3.92. The highest BCUT2D eigenvalue weighted by molar-refractivity contribution is 7.19. The average Bonchev–Trinajstić information content (AvgIpc) is 3.22. The van der Waals surface area contributed by atoms with Crippen molar-refractivity contribution in [3.63, 3.8) is 0 Å². The molecule has 4 aromatic rings. The maximum Gasteiger partial charge on any atom is 0.266 e. The fourth-order valence-corrected chi connectivity index (χ4v) is 4.96. The number of nitrogens with zero attached hydrogens (tertiary/aromatic N) is 1. The molecule has 3 aromatic heterocycles. The second-order valence-electron chi connectivity index (χ2n) is 7.74. The maximum atomic E-state index is 12.8. The predicted molar refractivity (Wildman–Crippen MR) is 128 cm³/mol. The SMILES string of the molecule is COCCc1cc2c(s1)c(=O)[nH]c1c(C)nc(OC)c(-c3ccc(C(C)CN)cc3)c12. The zero-order valence-corrected chi connectivity index (χ0v) is 19.1. The number of hydrogen-bond donors (Lipinski definition) is 2. The van der Waals surface area contributed by atoms with Gasteiger partial charge in [0, 0.05) is 29.2 Å². The van der Waals surface area contributed by atoms with Crippen molar-refractivity contribution in [2.24, 2.45) is 5.73 Å². The zero-order chi connectivity index (χ0) is 22.1. The molecule has 0 aliphatic carbocycles. The number of hydrogen-bond acceptors (Lipinski definition) is 6. The number of rotatable bonds is 7. The lowest BCUT2D eigenvalue weighted by Crippen LogP contribution is -2.09. The van der Waals surface area contributed by atoms with Crippen LogP contribution in [0, 0.1) is 6.92 Å². The van der Waals surface area contributed by atoms with Crippen LogP contribution in [0.1, 0.15) is 29.0 Å². The molecule has 0 spiro atoms. The van der Waals surface area contributed by atoms with Crippen LogP contribution in [0.5, 0.6) is 5.88 Å². The molecule has 1 unspecified atom stereocenters. The van der Waals surface area contributed by atoms with E-state index in [9.17, 15) is 4.79 Å². The largest absolute Gasteiger partial charge is 0.481 e. The summed E-state index contributed by atoms with van der Waals surface area (Å²) in [5.74, 6) is 0.828. The Labute approximate surface area is 185 Å². The highest BCUT2D eigenvalue weighted by atomic mass is 32.1. The van der Waals surface area contributed by atoms with E-state index in [2.05, 4.69) is 47.2 Å². The molecule has 0 saturated carbocycles. The molecule has 162 valence electrons. The molecular weight excluding hydrogens is 410 g/mol. The summed E-state index contributed by atoms with van der Waals surface area (Å²) in [6, 6.07) is 10.4. The van der Waals surface area contributed by atoms with E-state index in [1.165, 1.54) is 16.9 Å². The molecule has 31 heavy (non-hydrogen) atoms. The number of aromatic nitrogens is 2. The Morgan fingerprint density at radius 2 is 1.97 bits per heavy atom. The predicted octanol–water partition coefficient (Wildman–Crippen LogP) is 4.37. The Morgan fingerprint density at radius 3 is 2.61 bits per heavy atom. The van der Waals surface area contributed by atoms with Crippen LogP contribution in [0.3, 0.4) is 0 Å². The molecule has 4 rings (SSSR count). The monoisotopic (exact) mass is 437 g/mol. The Morgan fingerprint density at radius 1 is 1.23 bits per heavy atom. The van der Waals surface area contributed by atoms with Crippen LogP contribution in [0.4, 0.5) is 0 Å². The van der Waals surface area contributed by atoms with Gasteiger partial charge in [-0.3, -0.25) is 4.79 Å². The van der Waals surface area contributed by atoms with Crippen molar-refractivity contribution < 1.29 is 9.47 Å². The van der Waals surface area contributed by atoms with Gasteiger partial charge >= 0.3 is 0 Å². The summed E-state index contributed by atoms with van der Waals surface area (Å²) in [4.78, 5) is 21.7. The van der Waals surface area contributed by atoms with Crippen molar-refractivity contribution in [2.45, 2.75) is 26.2 Å². The lowest BCUT2D eigenvalue weighted by atomic mass is 9.95. The van der Waals surface area contributed by atoms with E-state index >= 15 is 0 Å². The highest BCUT2D eigenvalue weighted by Crippen LogP contribution is 2.41. The molecule has 0 aliphatic rings. The number of aryl methyl sites for hydroxylation is 1. The van der Waals surface area contributed by atoms with Crippen molar-refractivity contribution in [3.8, 4) is 17.0 Å². The van der Waals surface area contributed by atoms with Crippen LogP contribution in [-0.4, -0.2) is 37.3 Å². The minimum Gasteiger partial charge on any atom is -0.481 e. The van der Waals surface area contributed by atoms with Gasteiger partial charge in [-0.25, -0.2) is 4.98 Å². The number of methoxy groups -OCH3 is 2. The number of pyridine rings is 2. The molecule has 7 heteroatoms. The Hall–Kier alpha value is -2.74. The van der Waals surface area contributed by atoms with Crippen LogP contribution < -0.4 is 16.0 Å². The first-order valence-corrected chi connectivity index (χ1v) is 11.1. The molecule has 1 atom stereocenters. The first-order valence-electron chi connectivity index (χ1n) is 10.3. The number of fused-ring (bicyclic) bond motifs is 3. The van der Waals surface area contributed by atoms with E-state index in [0.717, 1.165) is 44.4 Å². The molecular formula is C24H27N3O3S. The van der Waals surface area contributed by atoms with E-state index in [-0.39, 0.29) is 11.5 Å². The van der Waals surface area contributed by atoms with Crippen LogP contribution in [0.15, 0.2) is 35.1 Å². The van der Waals surface area contributed by atoms with E-state index in [0.29, 0.717) is 23.7 Å². The number of nitrogens with one attached hydrogen (secondary N) is 1. The summed E-state index contributed by atoms with van der Waals surface area (Å²) >= 11 is 1.51.